The van der Waals surface area contributed by atoms with Crippen LogP contribution >= 0.6 is 0 Å². The number of carbonyl (C=O) groups excluding carboxylic acids is 1. The summed E-state index contributed by atoms with van der Waals surface area (Å²) in [5.74, 6) is -1.03. The highest BCUT2D eigenvalue weighted by atomic mass is 16.4. The van der Waals surface area contributed by atoms with Crippen LogP contribution in [0.3, 0.4) is 0 Å². The summed E-state index contributed by atoms with van der Waals surface area (Å²) in [5.41, 5.74) is 2.37. The summed E-state index contributed by atoms with van der Waals surface area (Å²) in [7, 11) is 0. The molecular formula is C17H15NO3. The van der Waals surface area contributed by atoms with Gasteiger partial charge in [0, 0.05) is 17.8 Å². The highest BCUT2D eigenvalue weighted by molar-refractivity contribution is 6.07. The van der Waals surface area contributed by atoms with Crippen molar-refractivity contribution in [3.8, 4) is 0 Å². The molecule has 0 spiro atoms. The zero-order valence-corrected chi connectivity index (χ0v) is 11.5. The van der Waals surface area contributed by atoms with Gasteiger partial charge in [0.25, 0.3) is 5.91 Å². The van der Waals surface area contributed by atoms with Gasteiger partial charge in [-0.15, -0.1) is 0 Å². The van der Waals surface area contributed by atoms with Crippen molar-refractivity contribution in [2.45, 2.75) is 12.8 Å². The number of rotatable bonds is 2. The third kappa shape index (κ3) is 2.40. The molecule has 21 heavy (non-hydrogen) atoms. The number of carboxylic acids is 1. The lowest BCUT2D eigenvalue weighted by Crippen LogP contribution is -2.36. The molecule has 2 aromatic carbocycles. The smallest absolute Gasteiger partial charge is 0.336 e. The number of anilines is 1. The molecule has 4 nitrogen and oxygen atoms in total. The number of nitrogens with zero attached hydrogens (tertiary/aromatic N) is 1. The average molecular weight is 281 g/mol. The predicted molar refractivity (Wildman–Crippen MR) is 79.8 cm³/mol. The van der Waals surface area contributed by atoms with Gasteiger partial charge in [0.2, 0.25) is 0 Å². The van der Waals surface area contributed by atoms with Crippen molar-refractivity contribution in [3.63, 3.8) is 0 Å². The predicted octanol–water partition coefficient (Wildman–Crippen LogP) is 2.98. The Bertz CT molecular complexity index is 694. The first kappa shape index (κ1) is 13.4. The first-order valence-corrected chi connectivity index (χ1v) is 6.90. The van der Waals surface area contributed by atoms with E-state index in [9.17, 15) is 14.7 Å². The second-order valence-electron chi connectivity index (χ2n) is 5.03. The number of aromatic carboxylic acids is 1. The molecular weight excluding hydrogens is 266 g/mol. The summed E-state index contributed by atoms with van der Waals surface area (Å²) in [4.78, 5) is 25.6. The Labute approximate surface area is 122 Å². The van der Waals surface area contributed by atoms with E-state index in [0.717, 1.165) is 17.7 Å². The van der Waals surface area contributed by atoms with Crippen LogP contribution in [0.25, 0.3) is 0 Å². The lowest BCUT2D eigenvalue weighted by molar-refractivity contribution is 0.0695. The van der Waals surface area contributed by atoms with Crippen LogP contribution in [0.4, 0.5) is 5.69 Å². The Morgan fingerprint density at radius 1 is 1.00 bits per heavy atom. The molecule has 1 aliphatic heterocycles. The largest absolute Gasteiger partial charge is 0.478 e. The van der Waals surface area contributed by atoms with Crippen LogP contribution < -0.4 is 4.90 Å². The van der Waals surface area contributed by atoms with E-state index >= 15 is 0 Å². The third-order valence-corrected chi connectivity index (χ3v) is 3.75. The van der Waals surface area contributed by atoms with Gasteiger partial charge in [-0.05, 0) is 42.7 Å². The lowest BCUT2D eigenvalue weighted by atomic mass is 9.95. The molecule has 0 unspecified atom stereocenters. The monoisotopic (exact) mass is 281 g/mol. The van der Waals surface area contributed by atoms with Gasteiger partial charge in [0.15, 0.2) is 0 Å². The van der Waals surface area contributed by atoms with Crippen LogP contribution in [0, 0.1) is 0 Å². The van der Waals surface area contributed by atoms with Crippen LogP contribution in [0.15, 0.2) is 48.5 Å². The Morgan fingerprint density at radius 3 is 2.48 bits per heavy atom. The zero-order valence-electron chi connectivity index (χ0n) is 11.5. The van der Waals surface area contributed by atoms with Crippen molar-refractivity contribution < 1.29 is 14.7 Å². The molecule has 0 saturated carbocycles. The molecule has 0 radical (unpaired) electrons. The molecule has 1 heterocycles. The molecule has 0 aromatic heterocycles. The number of fused-ring (bicyclic) bond motifs is 1. The van der Waals surface area contributed by atoms with Crippen molar-refractivity contribution in [2.24, 2.45) is 0 Å². The zero-order chi connectivity index (χ0) is 14.8. The van der Waals surface area contributed by atoms with E-state index in [1.54, 1.807) is 29.2 Å². The fourth-order valence-corrected chi connectivity index (χ4v) is 2.77. The van der Waals surface area contributed by atoms with Crippen LogP contribution in [0.1, 0.15) is 32.7 Å². The molecule has 0 aliphatic carbocycles. The SMILES string of the molecule is O=C(O)c1cccc2c1CCCN2C(=O)c1ccccc1. The van der Waals surface area contributed by atoms with E-state index in [1.165, 1.54) is 0 Å². The third-order valence-electron chi connectivity index (χ3n) is 3.75. The molecule has 4 heteroatoms. The van der Waals surface area contributed by atoms with E-state index in [4.69, 9.17) is 0 Å². The Balaban J connectivity index is 2.04. The minimum atomic E-state index is -0.944. The molecule has 1 amide bonds. The number of hydrogen-bond acceptors (Lipinski definition) is 2. The van der Waals surface area contributed by atoms with E-state index in [1.807, 2.05) is 24.3 Å². The summed E-state index contributed by atoms with van der Waals surface area (Å²) in [6, 6.07) is 14.2. The number of hydrogen-bond donors (Lipinski definition) is 1. The van der Waals surface area contributed by atoms with Gasteiger partial charge in [-0.1, -0.05) is 24.3 Å². The fraction of sp³-hybridized carbons (Fsp3) is 0.176. The van der Waals surface area contributed by atoms with Crippen molar-refractivity contribution >= 4 is 17.6 Å². The van der Waals surface area contributed by atoms with Crippen molar-refractivity contribution in [1.29, 1.82) is 0 Å². The summed E-state index contributed by atoms with van der Waals surface area (Å²) in [5, 5.41) is 9.28. The van der Waals surface area contributed by atoms with Gasteiger partial charge in [0.05, 0.1) is 5.56 Å². The second kappa shape index (κ2) is 5.40. The normalized spacial score (nSPS) is 13.6. The van der Waals surface area contributed by atoms with Crippen molar-refractivity contribution in [2.75, 3.05) is 11.4 Å². The van der Waals surface area contributed by atoms with E-state index in [2.05, 4.69) is 0 Å². The molecule has 3 rings (SSSR count). The summed E-state index contributed by atoms with van der Waals surface area (Å²) >= 11 is 0. The fourth-order valence-electron chi connectivity index (χ4n) is 2.77. The molecule has 0 saturated heterocycles. The standard InChI is InChI=1S/C17H15NO3/c19-16(12-6-2-1-3-7-12)18-11-5-9-13-14(17(20)21)8-4-10-15(13)18/h1-4,6-8,10H,5,9,11H2,(H,20,21). The van der Waals surface area contributed by atoms with Gasteiger partial charge >= 0.3 is 5.97 Å². The van der Waals surface area contributed by atoms with Crippen molar-refractivity contribution in [1.82, 2.24) is 0 Å². The van der Waals surface area contributed by atoms with Crippen LogP contribution in [-0.4, -0.2) is 23.5 Å². The van der Waals surface area contributed by atoms with Crippen LogP contribution in [-0.2, 0) is 6.42 Å². The maximum atomic E-state index is 12.6. The Morgan fingerprint density at radius 2 is 1.76 bits per heavy atom. The summed E-state index contributed by atoms with van der Waals surface area (Å²) < 4.78 is 0. The van der Waals surface area contributed by atoms with Gasteiger partial charge in [-0.3, -0.25) is 4.79 Å². The molecule has 106 valence electrons. The van der Waals surface area contributed by atoms with E-state index < -0.39 is 5.97 Å². The second-order valence-corrected chi connectivity index (χ2v) is 5.03. The van der Waals surface area contributed by atoms with E-state index in [-0.39, 0.29) is 11.5 Å². The van der Waals surface area contributed by atoms with Crippen LogP contribution in [0.2, 0.25) is 0 Å². The molecule has 1 N–H and O–H groups in total. The molecule has 2 aromatic rings. The van der Waals surface area contributed by atoms with Gasteiger partial charge in [-0.25, -0.2) is 4.79 Å². The molecule has 1 aliphatic rings. The first-order valence-electron chi connectivity index (χ1n) is 6.90. The minimum Gasteiger partial charge on any atom is -0.478 e. The summed E-state index contributed by atoms with van der Waals surface area (Å²) in [6.07, 6.45) is 1.46. The number of carbonyl (C=O) groups is 2. The highest BCUT2D eigenvalue weighted by Crippen LogP contribution is 2.31. The van der Waals surface area contributed by atoms with Gasteiger partial charge < -0.3 is 10.0 Å². The van der Waals surface area contributed by atoms with Gasteiger partial charge in [-0.2, -0.15) is 0 Å². The Hall–Kier alpha value is -2.62. The summed E-state index contributed by atoms with van der Waals surface area (Å²) in [6.45, 7) is 0.615. The molecule has 0 fully saturated rings. The maximum Gasteiger partial charge on any atom is 0.336 e. The topological polar surface area (TPSA) is 57.6 Å². The number of amides is 1. The average Bonchev–Trinajstić information content (AvgIpc) is 2.53. The van der Waals surface area contributed by atoms with Crippen LogP contribution in [0.5, 0.6) is 0 Å². The van der Waals surface area contributed by atoms with E-state index in [0.29, 0.717) is 18.5 Å². The van der Waals surface area contributed by atoms with Crippen molar-refractivity contribution in [3.05, 3.63) is 65.2 Å². The molecule has 0 bridgehead atoms. The number of carboxylic acid groups (broad SMARTS) is 1. The highest BCUT2D eigenvalue weighted by Gasteiger charge is 2.26. The maximum absolute atomic E-state index is 12.6. The Kier molecular flexibility index (Phi) is 3.44. The number of benzene rings is 2. The lowest BCUT2D eigenvalue weighted by Gasteiger charge is -2.30. The first-order chi connectivity index (χ1) is 10.2. The minimum absolute atomic E-state index is 0.0842. The molecule has 0 atom stereocenters. The quantitative estimate of drug-likeness (QED) is 0.920. The van der Waals surface area contributed by atoms with Gasteiger partial charge in [0.1, 0.15) is 0 Å².